The van der Waals surface area contributed by atoms with Gasteiger partial charge in [-0.15, -0.1) is 11.3 Å². The Morgan fingerprint density at radius 2 is 2.00 bits per heavy atom. The fraction of sp³-hybridized carbons (Fsp3) is 0.0714. The van der Waals surface area contributed by atoms with Crippen LogP contribution >= 0.6 is 27.3 Å². The maximum absolute atomic E-state index is 4.42. The number of benzene rings is 1. The molecule has 0 radical (unpaired) electrons. The Hall–Kier alpha value is -1.39. The lowest BCUT2D eigenvalue weighted by Crippen LogP contribution is -2.10. The van der Waals surface area contributed by atoms with Crippen LogP contribution in [0.3, 0.4) is 0 Å². The standard InChI is InChI=1S/C14H11BrN2S/c1-17(14-7-6-10(15)8-16-14)12-9-18-13-5-3-2-4-11(12)13/h2-9H,1H3. The fourth-order valence-corrected chi connectivity index (χ4v) is 3.13. The molecule has 2 aromatic heterocycles. The molecule has 3 aromatic rings. The van der Waals surface area contributed by atoms with Crippen LogP contribution in [0.15, 0.2) is 52.4 Å². The molecule has 0 bridgehead atoms. The van der Waals surface area contributed by atoms with Gasteiger partial charge in [0.1, 0.15) is 5.82 Å². The van der Waals surface area contributed by atoms with E-state index in [0.717, 1.165) is 10.3 Å². The second kappa shape index (κ2) is 4.71. The molecule has 0 saturated heterocycles. The first-order chi connectivity index (χ1) is 8.75. The van der Waals surface area contributed by atoms with Crippen LogP contribution in [0.5, 0.6) is 0 Å². The van der Waals surface area contributed by atoms with Gasteiger partial charge in [-0.2, -0.15) is 0 Å². The Bertz CT molecular complexity index is 676. The third kappa shape index (κ3) is 2.02. The minimum Gasteiger partial charge on any atom is -0.328 e. The van der Waals surface area contributed by atoms with Gasteiger partial charge in [0, 0.05) is 33.2 Å². The van der Waals surface area contributed by atoms with Gasteiger partial charge < -0.3 is 4.90 Å². The van der Waals surface area contributed by atoms with Crippen molar-refractivity contribution in [3.05, 3.63) is 52.4 Å². The predicted molar refractivity (Wildman–Crippen MR) is 81.8 cm³/mol. The number of thiophene rings is 1. The lowest BCUT2D eigenvalue weighted by Gasteiger charge is -2.17. The molecule has 18 heavy (non-hydrogen) atoms. The first-order valence-corrected chi connectivity index (χ1v) is 7.24. The van der Waals surface area contributed by atoms with Gasteiger partial charge in [-0.3, -0.25) is 0 Å². The molecule has 4 heteroatoms. The number of hydrogen-bond donors (Lipinski definition) is 0. The first kappa shape index (κ1) is 11.7. The normalized spacial score (nSPS) is 10.8. The van der Waals surface area contributed by atoms with E-state index in [1.807, 2.05) is 25.4 Å². The van der Waals surface area contributed by atoms with Gasteiger partial charge in [0.15, 0.2) is 0 Å². The smallest absolute Gasteiger partial charge is 0.132 e. The average molecular weight is 319 g/mol. The number of aromatic nitrogens is 1. The van der Waals surface area contributed by atoms with Gasteiger partial charge in [0.25, 0.3) is 0 Å². The van der Waals surface area contributed by atoms with Crippen LogP contribution in [0.2, 0.25) is 0 Å². The van der Waals surface area contributed by atoms with Crippen molar-refractivity contribution in [1.29, 1.82) is 0 Å². The molecular formula is C14H11BrN2S. The predicted octanol–water partition coefficient (Wildman–Crippen LogP) is 4.83. The molecule has 0 aliphatic carbocycles. The Morgan fingerprint density at radius 1 is 1.17 bits per heavy atom. The van der Waals surface area contributed by atoms with E-state index in [0.29, 0.717) is 0 Å². The monoisotopic (exact) mass is 318 g/mol. The summed E-state index contributed by atoms with van der Waals surface area (Å²) in [6.07, 6.45) is 1.82. The summed E-state index contributed by atoms with van der Waals surface area (Å²) in [5.74, 6) is 0.946. The Morgan fingerprint density at radius 3 is 2.78 bits per heavy atom. The Labute approximate surface area is 118 Å². The van der Waals surface area contributed by atoms with E-state index in [9.17, 15) is 0 Å². The number of nitrogens with zero attached hydrogens (tertiary/aromatic N) is 2. The summed E-state index contributed by atoms with van der Waals surface area (Å²) in [4.78, 5) is 6.54. The lowest BCUT2D eigenvalue weighted by molar-refractivity contribution is 1.13. The minimum absolute atomic E-state index is 0.946. The van der Waals surface area contributed by atoms with Crippen molar-refractivity contribution in [3.63, 3.8) is 0 Å². The number of fused-ring (bicyclic) bond motifs is 1. The summed E-state index contributed by atoms with van der Waals surface area (Å²) in [6.45, 7) is 0. The van der Waals surface area contributed by atoms with Crippen LogP contribution in [-0.2, 0) is 0 Å². The van der Waals surface area contributed by atoms with Crippen molar-refractivity contribution >= 4 is 48.9 Å². The molecule has 0 spiro atoms. The molecule has 90 valence electrons. The van der Waals surface area contributed by atoms with Gasteiger partial charge >= 0.3 is 0 Å². The maximum Gasteiger partial charge on any atom is 0.132 e. The van der Waals surface area contributed by atoms with Crippen LogP contribution in [0, 0.1) is 0 Å². The fourth-order valence-electron chi connectivity index (χ4n) is 1.91. The molecule has 2 nitrogen and oxygen atoms in total. The highest BCUT2D eigenvalue weighted by Gasteiger charge is 2.10. The molecule has 0 aliphatic heterocycles. The van der Waals surface area contributed by atoms with Crippen molar-refractivity contribution in [1.82, 2.24) is 4.98 Å². The van der Waals surface area contributed by atoms with Gasteiger partial charge in [0.2, 0.25) is 0 Å². The largest absolute Gasteiger partial charge is 0.328 e. The molecule has 0 N–H and O–H groups in total. The summed E-state index contributed by atoms with van der Waals surface area (Å²) in [5.41, 5.74) is 1.20. The quantitative estimate of drug-likeness (QED) is 0.673. The zero-order valence-electron chi connectivity index (χ0n) is 9.80. The molecule has 0 amide bonds. The second-order valence-corrected chi connectivity index (χ2v) is 5.84. The van der Waals surface area contributed by atoms with E-state index >= 15 is 0 Å². The molecule has 2 heterocycles. The van der Waals surface area contributed by atoms with Crippen molar-refractivity contribution < 1.29 is 0 Å². The summed E-state index contributed by atoms with van der Waals surface area (Å²) in [5, 5.41) is 3.45. The third-order valence-electron chi connectivity index (χ3n) is 2.88. The Balaban J connectivity index is 2.06. The highest BCUT2D eigenvalue weighted by molar-refractivity contribution is 9.10. The number of pyridine rings is 1. The van der Waals surface area contributed by atoms with Crippen LogP contribution in [0.25, 0.3) is 10.1 Å². The summed E-state index contributed by atoms with van der Waals surface area (Å²) in [6, 6.07) is 12.5. The van der Waals surface area contributed by atoms with E-state index < -0.39 is 0 Å². The van der Waals surface area contributed by atoms with E-state index in [2.05, 4.69) is 55.5 Å². The van der Waals surface area contributed by atoms with Gasteiger partial charge in [0.05, 0.1) is 5.69 Å². The van der Waals surface area contributed by atoms with Crippen LogP contribution in [0.4, 0.5) is 11.5 Å². The molecule has 1 aromatic carbocycles. The summed E-state index contributed by atoms with van der Waals surface area (Å²) >= 11 is 5.17. The molecule has 3 rings (SSSR count). The number of anilines is 2. The molecule has 0 atom stereocenters. The van der Waals surface area contributed by atoms with Crippen molar-refractivity contribution in [3.8, 4) is 0 Å². The molecule has 0 fully saturated rings. The third-order valence-corrected chi connectivity index (χ3v) is 4.30. The molecule has 0 aliphatic rings. The highest BCUT2D eigenvalue weighted by Crippen LogP contribution is 2.35. The molecule has 0 saturated carbocycles. The van der Waals surface area contributed by atoms with Crippen molar-refractivity contribution in [2.45, 2.75) is 0 Å². The minimum atomic E-state index is 0.946. The van der Waals surface area contributed by atoms with E-state index in [1.54, 1.807) is 11.3 Å². The Kier molecular flexibility index (Phi) is 3.06. The summed E-state index contributed by atoms with van der Waals surface area (Å²) in [7, 11) is 2.05. The number of hydrogen-bond acceptors (Lipinski definition) is 3. The van der Waals surface area contributed by atoms with E-state index in [-0.39, 0.29) is 0 Å². The van der Waals surface area contributed by atoms with Crippen LogP contribution in [-0.4, -0.2) is 12.0 Å². The summed E-state index contributed by atoms with van der Waals surface area (Å²) < 4.78 is 2.30. The zero-order chi connectivity index (χ0) is 12.5. The highest BCUT2D eigenvalue weighted by atomic mass is 79.9. The van der Waals surface area contributed by atoms with Crippen molar-refractivity contribution in [2.24, 2.45) is 0 Å². The van der Waals surface area contributed by atoms with E-state index in [1.165, 1.54) is 15.8 Å². The SMILES string of the molecule is CN(c1ccc(Br)cn1)c1csc2ccccc12. The zero-order valence-corrected chi connectivity index (χ0v) is 12.2. The van der Waals surface area contributed by atoms with Gasteiger partial charge in [-0.25, -0.2) is 4.98 Å². The van der Waals surface area contributed by atoms with Crippen LogP contribution in [0.1, 0.15) is 0 Å². The molecular weight excluding hydrogens is 308 g/mol. The second-order valence-electron chi connectivity index (χ2n) is 4.01. The topological polar surface area (TPSA) is 16.1 Å². The lowest BCUT2D eigenvalue weighted by atomic mass is 10.2. The maximum atomic E-state index is 4.42. The first-order valence-electron chi connectivity index (χ1n) is 5.57. The molecule has 0 unspecified atom stereocenters. The van der Waals surface area contributed by atoms with Crippen molar-refractivity contribution in [2.75, 3.05) is 11.9 Å². The van der Waals surface area contributed by atoms with Gasteiger partial charge in [-0.1, -0.05) is 18.2 Å². The number of halogens is 1. The van der Waals surface area contributed by atoms with E-state index in [4.69, 9.17) is 0 Å². The number of rotatable bonds is 2. The average Bonchev–Trinajstić information content (AvgIpc) is 2.82. The van der Waals surface area contributed by atoms with Gasteiger partial charge in [-0.05, 0) is 34.1 Å². The van der Waals surface area contributed by atoms with Crippen LogP contribution < -0.4 is 4.90 Å².